The lowest BCUT2D eigenvalue weighted by Gasteiger charge is -2.32. The topological polar surface area (TPSA) is 3.24 Å². The second-order valence-electron chi connectivity index (χ2n) is 6.38. The molecular formula is C20H25BrFN. The summed E-state index contributed by atoms with van der Waals surface area (Å²) in [7, 11) is 0. The predicted octanol–water partition coefficient (Wildman–Crippen LogP) is 4.90. The maximum absolute atomic E-state index is 12.9. The van der Waals surface area contributed by atoms with Crippen LogP contribution in [0.2, 0.25) is 0 Å². The van der Waals surface area contributed by atoms with E-state index < -0.39 is 0 Å². The van der Waals surface area contributed by atoms with Gasteiger partial charge < -0.3 is 4.90 Å². The van der Waals surface area contributed by atoms with Crippen molar-refractivity contribution in [3.05, 3.63) is 71.5 Å². The summed E-state index contributed by atoms with van der Waals surface area (Å²) in [6.07, 6.45) is 4.83. The first-order valence-corrected chi connectivity index (χ1v) is 8.30. The number of hydrogen-bond donors (Lipinski definition) is 0. The van der Waals surface area contributed by atoms with Crippen LogP contribution in [0.1, 0.15) is 24.0 Å². The molecule has 1 saturated heterocycles. The van der Waals surface area contributed by atoms with Crippen LogP contribution in [-0.2, 0) is 12.8 Å². The second kappa shape index (κ2) is 9.19. The van der Waals surface area contributed by atoms with Crippen LogP contribution in [0.25, 0.3) is 0 Å². The molecule has 0 aliphatic carbocycles. The largest absolute Gasteiger partial charge is 0.303 e. The van der Waals surface area contributed by atoms with Gasteiger partial charge in [0, 0.05) is 13.1 Å². The number of hydrogen-bond acceptors (Lipinski definition) is 1. The molecule has 2 aromatic rings. The molecule has 23 heavy (non-hydrogen) atoms. The molecule has 1 nitrogen and oxygen atoms in total. The molecule has 124 valence electrons. The monoisotopic (exact) mass is 377 g/mol. The van der Waals surface area contributed by atoms with Gasteiger partial charge in [0.1, 0.15) is 5.82 Å². The standard InChI is InChI=1S/C20H24FN.BrH/c21-20-10-8-17(9-11-20)12-14-22-13-4-7-19(16-22)15-18-5-2-1-3-6-18;/h1-3,5-6,8-11,19H,4,7,12-16H2;1H. The lowest BCUT2D eigenvalue weighted by molar-refractivity contribution is 0.176. The maximum Gasteiger partial charge on any atom is 0.123 e. The second-order valence-corrected chi connectivity index (χ2v) is 6.38. The Kier molecular flexibility index (Phi) is 7.25. The number of piperidine rings is 1. The Morgan fingerprint density at radius 1 is 0.957 bits per heavy atom. The minimum atomic E-state index is -0.148. The highest BCUT2D eigenvalue weighted by atomic mass is 79.9. The van der Waals surface area contributed by atoms with Gasteiger partial charge in [-0.05, 0) is 61.4 Å². The van der Waals surface area contributed by atoms with E-state index >= 15 is 0 Å². The predicted molar refractivity (Wildman–Crippen MR) is 99.7 cm³/mol. The summed E-state index contributed by atoms with van der Waals surface area (Å²) >= 11 is 0. The molecule has 1 heterocycles. The number of nitrogens with zero attached hydrogens (tertiary/aromatic N) is 1. The van der Waals surface area contributed by atoms with Gasteiger partial charge in [0.25, 0.3) is 0 Å². The summed E-state index contributed by atoms with van der Waals surface area (Å²) < 4.78 is 12.9. The van der Waals surface area contributed by atoms with Crippen LogP contribution < -0.4 is 0 Å². The first-order valence-electron chi connectivity index (χ1n) is 8.30. The van der Waals surface area contributed by atoms with Crippen LogP contribution in [0.3, 0.4) is 0 Å². The van der Waals surface area contributed by atoms with E-state index in [1.165, 1.54) is 43.5 Å². The molecule has 0 saturated carbocycles. The zero-order chi connectivity index (χ0) is 15.2. The molecule has 0 N–H and O–H groups in total. The summed E-state index contributed by atoms with van der Waals surface area (Å²) in [5, 5.41) is 0. The Bertz CT molecular complexity index is 570. The maximum atomic E-state index is 12.9. The van der Waals surface area contributed by atoms with E-state index in [0.717, 1.165) is 18.9 Å². The highest BCUT2D eigenvalue weighted by Crippen LogP contribution is 2.21. The van der Waals surface area contributed by atoms with Gasteiger partial charge in [0.15, 0.2) is 0 Å². The van der Waals surface area contributed by atoms with Crippen LogP contribution in [0, 0.1) is 11.7 Å². The van der Waals surface area contributed by atoms with Gasteiger partial charge in [0.05, 0.1) is 0 Å². The summed E-state index contributed by atoms with van der Waals surface area (Å²) in [5.41, 5.74) is 2.68. The normalized spacial score (nSPS) is 18.4. The van der Waals surface area contributed by atoms with Crippen LogP contribution in [0.5, 0.6) is 0 Å². The van der Waals surface area contributed by atoms with E-state index in [2.05, 4.69) is 35.2 Å². The van der Waals surface area contributed by atoms with E-state index in [-0.39, 0.29) is 22.8 Å². The van der Waals surface area contributed by atoms with Crippen molar-refractivity contribution in [3.8, 4) is 0 Å². The smallest absolute Gasteiger partial charge is 0.123 e. The zero-order valence-electron chi connectivity index (χ0n) is 13.5. The van der Waals surface area contributed by atoms with Crippen molar-refractivity contribution in [2.45, 2.75) is 25.7 Å². The Morgan fingerprint density at radius 3 is 2.43 bits per heavy atom. The van der Waals surface area contributed by atoms with Crippen LogP contribution in [-0.4, -0.2) is 24.5 Å². The molecule has 1 atom stereocenters. The van der Waals surface area contributed by atoms with E-state index in [9.17, 15) is 4.39 Å². The number of likely N-dealkylation sites (tertiary alicyclic amines) is 1. The first-order chi connectivity index (χ1) is 10.8. The molecule has 1 fully saturated rings. The molecule has 0 spiro atoms. The van der Waals surface area contributed by atoms with Crippen molar-refractivity contribution in [2.24, 2.45) is 5.92 Å². The SMILES string of the molecule is Br.Fc1ccc(CCN2CCCC(Cc3ccccc3)C2)cc1. The van der Waals surface area contributed by atoms with Crippen LogP contribution >= 0.6 is 17.0 Å². The molecule has 3 rings (SSSR count). The number of rotatable bonds is 5. The van der Waals surface area contributed by atoms with E-state index in [1.807, 2.05) is 12.1 Å². The minimum absolute atomic E-state index is 0. The summed E-state index contributed by atoms with van der Waals surface area (Å²) in [6.45, 7) is 3.47. The molecule has 0 radical (unpaired) electrons. The van der Waals surface area contributed by atoms with Gasteiger partial charge in [-0.2, -0.15) is 0 Å². The fraction of sp³-hybridized carbons (Fsp3) is 0.400. The number of benzene rings is 2. The van der Waals surface area contributed by atoms with Gasteiger partial charge in [-0.15, -0.1) is 17.0 Å². The molecule has 3 heteroatoms. The highest BCUT2D eigenvalue weighted by Gasteiger charge is 2.19. The van der Waals surface area contributed by atoms with Crippen molar-refractivity contribution in [1.82, 2.24) is 4.90 Å². The van der Waals surface area contributed by atoms with E-state index in [1.54, 1.807) is 12.1 Å². The fourth-order valence-electron chi connectivity index (χ4n) is 3.41. The van der Waals surface area contributed by atoms with Crippen molar-refractivity contribution in [3.63, 3.8) is 0 Å². The lowest BCUT2D eigenvalue weighted by atomic mass is 9.91. The molecule has 1 unspecified atom stereocenters. The molecule has 0 amide bonds. The first kappa shape index (κ1) is 18.2. The molecule has 1 aliphatic rings. The summed E-state index contributed by atoms with van der Waals surface area (Å²) in [6, 6.07) is 17.7. The minimum Gasteiger partial charge on any atom is -0.303 e. The Morgan fingerprint density at radius 2 is 1.70 bits per heavy atom. The Hall–Kier alpha value is -1.19. The summed E-state index contributed by atoms with van der Waals surface area (Å²) in [5.74, 6) is 0.619. The van der Waals surface area contributed by atoms with Crippen molar-refractivity contribution in [1.29, 1.82) is 0 Å². The van der Waals surface area contributed by atoms with Gasteiger partial charge in [-0.1, -0.05) is 42.5 Å². The van der Waals surface area contributed by atoms with E-state index in [4.69, 9.17) is 0 Å². The fourth-order valence-corrected chi connectivity index (χ4v) is 3.41. The van der Waals surface area contributed by atoms with Crippen molar-refractivity contribution < 1.29 is 4.39 Å². The van der Waals surface area contributed by atoms with Crippen molar-refractivity contribution >= 4 is 17.0 Å². The summed E-state index contributed by atoms with van der Waals surface area (Å²) in [4.78, 5) is 2.57. The molecule has 0 aromatic heterocycles. The lowest BCUT2D eigenvalue weighted by Crippen LogP contribution is -2.37. The van der Waals surface area contributed by atoms with Crippen LogP contribution in [0.4, 0.5) is 4.39 Å². The molecule has 0 bridgehead atoms. The van der Waals surface area contributed by atoms with Gasteiger partial charge >= 0.3 is 0 Å². The van der Waals surface area contributed by atoms with Gasteiger partial charge in [-0.3, -0.25) is 0 Å². The third-order valence-corrected chi connectivity index (χ3v) is 4.60. The molecular weight excluding hydrogens is 353 g/mol. The van der Waals surface area contributed by atoms with Gasteiger partial charge in [0.2, 0.25) is 0 Å². The van der Waals surface area contributed by atoms with Crippen LogP contribution in [0.15, 0.2) is 54.6 Å². The average molecular weight is 378 g/mol. The molecule has 1 aliphatic heterocycles. The Balaban J connectivity index is 0.00000192. The third kappa shape index (κ3) is 5.74. The average Bonchev–Trinajstić information content (AvgIpc) is 2.56. The Labute approximate surface area is 149 Å². The quantitative estimate of drug-likeness (QED) is 0.715. The van der Waals surface area contributed by atoms with E-state index in [0.29, 0.717) is 0 Å². The number of halogens is 2. The third-order valence-electron chi connectivity index (χ3n) is 4.60. The highest BCUT2D eigenvalue weighted by molar-refractivity contribution is 8.93. The van der Waals surface area contributed by atoms with Gasteiger partial charge in [-0.25, -0.2) is 4.39 Å². The zero-order valence-corrected chi connectivity index (χ0v) is 15.2. The van der Waals surface area contributed by atoms with Crippen molar-refractivity contribution in [2.75, 3.05) is 19.6 Å². The molecule has 2 aromatic carbocycles.